The molecule has 39 valence electrons. The Kier molecular flexibility index (Phi) is 44.9. The van der Waals surface area contributed by atoms with Gasteiger partial charge in [-0.15, -0.1) is 0 Å². The minimum absolute atomic E-state index is 0. The van der Waals surface area contributed by atoms with Crippen molar-refractivity contribution in [3.63, 3.8) is 0 Å². The maximum absolute atomic E-state index is 3.60. The molecule has 0 atom stereocenters. The molecule has 0 aliphatic heterocycles. The second kappa shape index (κ2) is 17.0. The van der Waals surface area contributed by atoms with E-state index >= 15 is 0 Å². The summed E-state index contributed by atoms with van der Waals surface area (Å²) in [7, 11) is 0. The van der Waals surface area contributed by atoms with Gasteiger partial charge in [-0.05, 0) is 0 Å². The molecule has 1 radical (unpaired) electrons. The van der Waals surface area contributed by atoms with Crippen molar-refractivity contribution in [3.05, 3.63) is 6.92 Å². The predicted molar refractivity (Wildman–Crippen MR) is 20.3 cm³/mol. The van der Waals surface area contributed by atoms with E-state index in [0.29, 0.717) is 0 Å². The van der Waals surface area contributed by atoms with Gasteiger partial charge in [0.2, 0.25) is 0 Å². The van der Waals surface area contributed by atoms with Crippen molar-refractivity contribution >= 4 is 0 Å². The molecule has 0 heterocycles. The van der Waals surface area contributed by atoms with Crippen LogP contribution >= 0.6 is 0 Å². The molecule has 0 unspecified atom stereocenters. The predicted octanol–water partition coefficient (Wildman–Crippen LogP) is -1.38. The van der Waals surface area contributed by atoms with Crippen molar-refractivity contribution in [2.24, 2.45) is 0 Å². The first kappa shape index (κ1) is 15.8. The van der Waals surface area contributed by atoms with E-state index in [-0.39, 0.29) is 29.5 Å². The summed E-state index contributed by atoms with van der Waals surface area (Å²) < 4.78 is 0. The first-order chi connectivity index (χ1) is 1.91. The van der Waals surface area contributed by atoms with E-state index in [1.165, 1.54) is 6.42 Å². The monoisotopic (exact) mass is 147 g/mol. The molecule has 0 saturated carbocycles. The minimum Gasteiger partial charge on any atom is -1.00 e. The largest absolute Gasteiger partial charge is 2.00 e. The van der Waals surface area contributed by atoms with Crippen LogP contribution in [0, 0.1) is 6.92 Å². The van der Waals surface area contributed by atoms with Gasteiger partial charge in [-0.2, -0.15) is 6.42 Å². The molecule has 0 nitrogen and oxygen atoms in total. The number of rotatable bonds is 1. The Bertz CT molecular complexity index is 9.51. The normalized spacial score (nSPS) is 5.00. The molecule has 6 heavy (non-hydrogen) atoms. The fraction of sp³-hybridized carbons (Fsp3) is 0.750. The van der Waals surface area contributed by atoms with Crippen LogP contribution in [0.15, 0.2) is 0 Å². The molecule has 0 bridgehead atoms. The third-order valence-corrected chi connectivity index (χ3v) is 0.354. The van der Waals surface area contributed by atoms with Crippen LogP contribution in [-0.2, 0) is 17.1 Å². The van der Waals surface area contributed by atoms with Crippen molar-refractivity contribution < 1.29 is 29.5 Å². The average molecular weight is 148 g/mol. The van der Waals surface area contributed by atoms with Gasteiger partial charge in [0.05, 0.1) is 0 Å². The summed E-state index contributed by atoms with van der Waals surface area (Å²) in [5.41, 5.74) is 0. The van der Waals surface area contributed by atoms with Crippen molar-refractivity contribution in [3.8, 4) is 0 Å². The van der Waals surface area contributed by atoms with Gasteiger partial charge >= 0.3 is 17.1 Å². The molecule has 0 N–H and O–H groups in total. The Balaban J connectivity index is -0.0000000450. The van der Waals surface area contributed by atoms with Crippen LogP contribution < -0.4 is 12.4 Å². The minimum atomic E-state index is 0. The Morgan fingerprint density at radius 2 is 1.67 bits per heavy atom. The number of hydrogen-bond acceptors (Lipinski definition) is 0. The Labute approximate surface area is 56.6 Å². The van der Waals surface area contributed by atoms with Gasteiger partial charge in [0.15, 0.2) is 0 Å². The number of hydrogen-bond donors (Lipinski definition) is 0. The topological polar surface area (TPSA) is 0 Å². The van der Waals surface area contributed by atoms with Gasteiger partial charge in [0.1, 0.15) is 0 Å². The van der Waals surface area contributed by atoms with E-state index in [1.54, 1.807) is 0 Å². The first-order valence-electron chi connectivity index (χ1n) is 1.71. The summed E-state index contributed by atoms with van der Waals surface area (Å²) in [4.78, 5) is 0. The third kappa shape index (κ3) is 21.3. The molecule has 0 aliphatic rings. The molecule has 0 fully saturated rings. The third-order valence-electron chi connectivity index (χ3n) is 0.354. The van der Waals surface area contributed by atoms with Crippen LogP contribution in [-0.4, -0.2) is 0 Å². The van der Waals surface area contributed by atoms with Crippen LogP contribution in [0.2, 0.25) is 0 Å². The second-order valence-corrected chi connectivity index (χ2v) is 0.854. The zero-order valence-corrected chi connectivity index (χ0v) is 5.81. The van der Waals surface area contributed by atoms with Gasteiger partial charge < -0.3 is 19.3 Å². The van der Waals surface area contributed by atoms with Crippen LogP contribution in [0.1, 0.15) is 19.8 Å². The van der Waals surface area contributed by atoms with Crippen molar-refractivity contribution in [2.75, 3.05) is 0 Å². The van der Waals surface area contributed by atoms with E-state index in [2.05, 4.69) is 13.8 Å². The summed E-state index contributed by atoms with van der Waals surface area (Å²) in [6.07, 6.45) is 2.28. The van der Waals surface area contributed by atoms with Gasteiger partial charge in [-0.1, -0.05) is 13.3 Å². The Hall–Kier alpha value is 0.809. The Morgan fingerprint density at radius 1 is 1.50 bits per heavy atom. The van der Waals surface area contributed by atoms with Gasteiger partial charge in [0.25, 0.3) is 0 Å². The summed E-state index contributed by atoms with van der Waals surface area (Å²) in [5.74, 6) is 0. The van der Waals surface area contributed by atoms with Crippen LogP contribution in [0.5, 0.6) is 0 Å². The zero-order valence-electron chi connectivity index (χ0n) is 3.88. The van der Waals surface area contributed by atoms with E-state index in [9.17, 15) is 0 Å². The number of halogens is 1. The van der Waals surface area contributed by atoms with E-state index < -0.39 is 0 Å². The molecule has 0 rings (SSSR count). The first-order valence-corrected chi connectivity index (χ1v) is 1.71. The summed E-state index contributed by atoms with van der Waals surface area (Å²) in [5, 5.41) is 0. The SMILES string of the molecule is [CH2-]CCC.[Cl-].[Mn+2]. The molecular formula is C4H9ClMn. The zero-order chi connectivity index (χ0) is 3.41. The molecule has 0 aromatic carbocycles. The quantitative estimate of drug-likeness (QED) is 0.317. The molecular weight excluding hydrogens is 138 g/mol. The smallest absolute Gasteiger partial charge is 1.00 e. The maximum atomic E-state index is 3.60. The van der Waals surface area contributed by atoms with Gasteiger partial charge in [-0.25, -0.2) is 0 Å². The Morgan fingerprint density at radius 3 is 1.67 bits per heavy atom. The summed E-state index contributed by atoms with van der Waals surface area (Å²) >= 11 is 0. The fourth-order valence-corrected chi connectivity index (χ4v) is 0. The molecule has 0 aromatic rings. The molecule has 0 spiro atoms. The van der Waals surface area contributed by atoms with Gasteiger partial charge in [-0.3, -0.25) is 0 Å². The second-order valence-electron chi connectivity index (χ2n) is 0.854. The molecule has 2 heteroatoms. The molecule has 0 aliphatic carbocycles. The fourth-order valence-electron chi connectivity index (χ4n) is 0. The molecule has 0 saturated heterocycles. The summed E-state index contributed by atoms with van der Waals surface area (Å²) in [6, 6.07) is 0. The van der Waals surface area contributed by atoms with Crippen molar-refractivity contribution in [1.82, 2.24) is 0 Å². The van der Waals surface area contributed by atoms with Crippen LogP contribution in [0.4, 0.5) is 0 Å². The number of unbranched alkanes of at least 4 members (excludes halogenated alkanes) is 1. The van der Waals surface area contributed by atoms with E-state index in [1.807, 2.05) is 0 Å². The maximum Gasteiger partial charge on any atom is 2.00 e. The summed E-state index contributed by atoms with van der Waals surface area (Å²) in [6.45, 7) is 5.72. The van der Waals surface area contributed by atoms with Crippen LogP contribution in [0.3, 0.4) is 0 Å². The van der Waals surface area contributed by atoms with Crippen molar-refractivity contribution in [2.45, 2.75) is 19.8 Å². The van der Waals surface area contributed by atoms with Crippen LogP contribution in [0.25, 0.3) is 0 Å². The van der Waals surface area contributed by atoms with Crippen molar-refractivity contribution in [1.29, 1.82) is 0 Å². The molecule has 0 amide bonds. The molecule has 0 aromatic heterocycles. The van der Waals surface area contributed by atoms with Gasteiger partial charge in [0, 0.05) is 0 Å². The van der Waals surface area contributed by atoms with E-state index in [0.717, 1.165) is 6.42 Å². The average Bonchev–Trinajstić information content (AvgIpc) is 1.37. The standard InChI is InChI=1S/C4H9.ClH.Mn/c1-3-4-2;;/h1,3-4H2,2H3;1H;/q-1;;+2/p-1. The van der Waals surface area contributed by atoms with E-state index in [4.69, 9.17) is 0 Å².